The zero-order chi connectivity index (χ0) is 15.5. The molecule has 0 saturated heterocycles. The van der Waals surface area contributed by atoms with Gasteiger partial charge < -0.3 is 14.8 Å². The molecule has 116 valence electrons. The molecule has 1 aliphatic rings. The molecule has 0 aliphatic heterocycles. The van der Waals surface area contributed by atoms with Crippen LogP contribution >= 0.6 is 0 Å². The molecular weight excluding hydrogens is 270 g/mol. The van der Waals surface area contributed by atoms with Gasteiger partial charge in [-0.3, -0.25) is 4.79 Å². The minimum absolute atomic E-state index is 0.343. The van der Waals surface area contributed by atoms with E-state index in [1.54, 1.807) is 6.07 Å². The lowest BCUT2D eigenvalue weighted by molar-refractivity contribution is -0.146. The molecule has 21 heavy (non-hydrogen) atoms. The lowest BCUT2D eigenvalue weighted by Gasteiger charge is -2.36. The van der Waals surface area contributed by atoms with Gasteiger partial charge in [0.1, 0.15) is 11.3 Å². The first kappa shape index (κ1) is 15.6. The first-order valence-electron chi connectivity index (χ1n) is 7.61. The number of amides is 1. The van der Waals surface area contributed by atoms with Gasteiger partial charge in [0, 0.05) is 6.42 Å². The molecule has 1 aromatic rings. The van der Waals surface area contributed by atoms with Crippen LogP contribution in [-0.4, -0.2) is 22.5 Å². The summed E-state index contributed by atoms with van der Waals surface area (Å²) in [5, 5.41) is 12.3. The maximum Gasteiger partial charge on any atom is 0.329 e. The zero-order valence-electron chi connectivity index (χ0n) is 12.6. The van der Waals surface area contributed by atoms with Gasteiger partial charge in [-0.25, -0.2) is 4.79 Å². The van der Waals surface area contributed by atoms with Crippen LogP contribution in [0.25, 0.3) is 0 Å². The third kappa shape index (κ3) is 3.28. The Balaban J connectivity index is 2.15. The van der Waals surface area contributed by atoms with Crippen LogP contribution in [-0.2, 0) is 11.2 Å². The van der Waals surface area contributed by atoms with Gasteiger partial charge >= 0.3 is 5.97 Å². The predicted molar refractivity (Wildman–Crippen MR) is 78.2 cm³/mol. The van der Waals surface area contributed by atoms with Crippen molar-refractivity contribution in [1.82, 2.24) is 5.32 Å². The van der Waals surface area contributed by atoms with Crippen molar-refractivity contribution < 1.29 is 19.1 Å². The molecule has 1 fully saturated rings. The number of hydrogen-bond donors (Lipinski definition) is 2. The molecule has 0 spiro atoms. The number of nitrogens with one attached hydrogen (secondary N) is 1. The van der Waals surface area contributed by atoms with E-state index < -0.39 is 11.5 Å². The fourth-order valence-electron chi connectivity index (χ4n) is 2.90. The largest absolute Gasteiger partial charge is 0.480 e. The van der Waals surface area contributed by atoms with E-state index in [1.807, 2.05) is 6.92 Å². The van der Waals surface area contributed by atoms with E-state index in [2.05, 4.69) is 12.2 Å². The standard InChI is InChI=1S/C16H23NO4/c1-3-4-13-12(7-10-21-13)14(18)17-16(15(19)20)8-5-11(2)6-9-16/h7,10-11H,3-6,8-9H2,1-2H3,(H,17,18)(H,19,20). The summed E-state index contributed by atoms with van der Waals surface area (Å²) in [5.74, 6) is -0.147. The molecule has 1 aromatic heterocycles. The predicted octanol–water partition coefficient (Wildman–Crippen LogP) is 3.00. The Morgan fingerprint density at radius 3 is 2.67 bits per heavy atom. The normalized spacial score (nSPS) is 25.5. The summed E-state index contributed by atoms with van der Waals surface area (Å²) >= 11 is 0. The zero-order valence-corrected chi connectivity index (χ0v) is 12.6. The molecule has 0 unspecified atom stereocenters. The molecule has 0 atom stereocenters. The number of rotatable bonds is 5. The number of carboxylic acid groups (broad SMARTS) is 1. The number of carbonyl (C=O) groups excluding carboxylic acids is 1. The van der Waals surface area contributed by atoms with E-state index in [0.717, 1.165) is 19.3 Å². The average molecular weight is 293 g/mol. The summed E-state index contributed by atoms with van der Waals surface area (Å²) in [6.45, 7) is 4.12. The van der Waals surface area contributed by atoms with Crippen LogP contribution in [0.3, 0.4) is 0 Å². The van der Waals surface area contributed by atoms with Gasteiger partial charge in [-0.05, 0) is 44.1 Å². The average Bonchev–Trinajstić information content (AvgIpc) is 2.90. The number of furan rings is 1. The molecule has 1 saturated carbocycles. The maximum atomic E-state index is 12.4. The summed E-state index contributed by atoms with van der Waals surface area (Å²) < 4.78 is 5.32. The Morgan fingerprint density at radius 2 is 2.10 bits per heavy atom. The molecule has 0 bridgehead atoms. The smallest absolute Gasteiger partial charge is 0.329 e. The summed E-state index contributed by atoms with van der Waals surface area (Å²) in [6.07, 6.45) is 5.63. The lowest BCUT2D eigenvalue weighted by atomic mass is 9.77. The number of carboxylic acids is 1. The highest BCUT2D eigenvalue weighted by molar-refractivity contribution is 5.98. The SMILES string of the molecule is CCCc1occc1C(=O)NC1(C(=O)O)CCC(C)CC1. The van der Waals surface area contributed by atoms with Gasteiger partial charge in [0.2, 0.25) is 0 Å². The van der Waals surface area contributed by atoms with E-state index >= 15 is 0 Å². The number of aryl methyl sites for hydroxylation is 1. The van der Waals surface area contributed by atoms with E-state index in [9.17, 15) is 14.7 Å². The molecule has 0 radical (unpaired) electrons. The highest BCUT2D eigenvalue weighted by Crippen LogP contribution is 2.32. The van der Waals surface area contributed by atoms with E-state index in [0.29, 0.717) is 36.5 Å². The molecule has 1 amide bonds. The lowest BCUT2D eigenvalue weighted by Crippen LogP contribution is -2.56. The molecule has 0 aromatic carbocycles. The van der Waals surface area contributed by atoms with Gasteiger partial charge in [0.25, 0.3) is 5.91 Å². The van der Waals surface area contributed by atoms with Gasteiger partial charge in [-0.1, -0.05) is 13.8 Å². The van der Waals surface area contributed by atoms with E-state index in [4.69, 9.17) is 4.42 Å². The van der Waals surface area contributed by atoms with E-state index in [1.165, 1.54) is 6.26 Å². The summed E-state index contributed by atoms with van der Waals surface area (Å²) in [7, 11) is 0. The first-order valence-corrected chi connectivity index (χ1v) is 7.61. The topological polar surface area (TPSA) is 79.5 Å². The van der Waals surface area contributed by atoms with Gasteiger partial charge in [-0.15, -0.1) is 0 Å². The Hall–Kier alpha value is -1.78. The van der Waals surface area contributed by atoms with Crippen molar-refractivity contribution in [2.45, 2.75) is 57.9 Å². The van der Waals surface area contributed by atoms with Crippen LogP contribution in [0.1, 0.15) is 62.1 Å². The second kappa shape index (κ2) is 6.33. The van der Waals surface area contributed by atoms with Gasteiger partial charge in [0.05, 0.1) is 11.8 Å². The van der Waals surface area contributed by atoms with Crippen LogP contribution in [0.5, 0.6) is 0 Å². The summed E-state index contributed by atoms with van der Waals surface area (Å²) in [5.41, 5.74) is -0.680. The van der Waals surface area contributed by atoms with Crippen molar-refractivity contribution in [3.63, 3.8) is 0 Å². The van der Waals surface area contributed by atoms with Crippen LogP contribution in [0.4, 0.5) is 0 Å². The minimum atomic E-state index is -1.13. The third-order valence-corrected chi connectivity index (χ3v) is 4.36. The maximum absolute atomic E-state index is 12.4. The molecule has 5 heteroatoms. The molecule has 2 N–H and O–H groups in total. The highest BCUT2D eigenvalue weighted by Gasteiger charge is 2.42. The van der Waals surface area contributed by atoms with Crippen molar-refractivity contribution in [2.24, 2.45) is 5.92 Å². The fourth-order valence-corrected chi connectivity index (χ4v) is 2.90. The quantitative estimate of drug-likeness (QED) is 0.874. The minimum Gasteiger partial charge on any atom is -0.480 e. The molecule has 2 rings (SSSR count). The Morgan fingerprint density at radius 1 is 1.43 bits per heavy atom. The molecule has 5 nitrogen and oxygen atoms in total. The van der Waals surface area contributed by atoms with Crippen LogP contribution in [0, 0.1) is 5.92 Å². The summed E-state index contributed by atoms with van der Waals surface area (Å²) in [6, 6.07) is 1.61. The third-order valence-electron chi connectivity index (χ3n) is 4.36. The summed E-state index contributed by atoms with van der Waals surface area (Å²) in [4.78, 5) is 24.1. The van der Waals surface area contributed by atoms with Crippen LogP contribution in [0.15, 0.2) is 16.7 Å². The molecule has 1 heterocycles. The van der Waals surface area contributed by atoms with Crippen molar-refractivity contribution in [2.75, 3.05) is 0 Å². The highest BCUT2D eigenvalue weighted by atomic mass is 16.4. The molecule has 1 aliphatic carbocycles. The number of aliphatic carboxylic acids is 1. The van der Waals surface area contributed by atoms with Gasteiger partial charge in [0.15, 0.2) is 0 Å². The van der Waals surface area contributed by atoms with Crippen molar-refractivity contribution in [3.05, 3.63) is 23.7 Å². The number of carbonyl (C=O) groups is 2. The van der Waals surface area contributed by atoms with E-state index in [-0.39, 0.29) is 5.91 Å². The monoisotopic (exact) mass is 293 g/mol. The Bertz CT molecular complexity index is 512. The van der Waals surface area contributed by atoms with Crippen molar-refractivity contribution in [3.8, 4) is 0 Å². The van der Waals surface area contributed by atoms with Crippen LogP contribution in [0.2, 0.25) is 0 Å². The Labute approximate surface area is 124 Å². The fraction of sp³-hybridized carbons (Fsp3) is 0.625. The second-order valence-corrected chi connectivity index (χ2v) is 6.03. The van der Waals surface area contributed by atoms with Crippen molar-refractivity contribution >= 4 is 11.9 Å². The number of hydrogen-bond acceptors (Lipinski definition) is 3. The Kier molecular flexibility index (Phi) is 4.70. The first-order chi connectivity index (χ1) is 9.98. The van der Waals surface area contributed by atoms with Gasteiger partial charge in [-0.2, -0.15) is 0 Å². The van der Waals surface area contributed by atoms with Crippen LogP contribution < -0.4 is 5.32 Å². The second-order valence-electron chi connectivity index (χ2n) is 6.03. The van der Waals surface area contributed by atoms with Crippen molar-refractivity contribution in [1.29, 1.82) is 0 Å². The molecular formula is C16H23NO4.